The number of carboxylic acids is 1. The predicted molar refractivity (Wildman–Crippen MR) is 53.9 cm³/mol. The highest BCUT2D eigenvalue weighted by molar-refractivity contribution is 5.91. The van der Waals surface area contributed by atoms with Crippen LogP contribution in [-0.2, 0) is 16.0 Å². The zero-order valence-corrected chi connectivity index (χ0v) is 8.61. The van der Waals surface area contributed by atoms with Gasteiger partial charge in [-0.25, -0.2) is 4.79 Å². The van der Waals surface area contributed by atoms with Crippen molar-refractivity contribution in [1.82, 2.24) is 0 Å². The Morgan fingerprint density at radius 1 is 1.40 bits per heavy atom. The second-order valence-electron chi connectivity index (χ2n) is 3.21. The van der Waals surface area contributed by atoms with Crippen molar-refractivity contribution >= 4 is 11.9 Å². The molecule has 0 atom stereocenters. The minimum atomic E-state index is -0.922. The maximum atomic E-state index is 11.3. The van der Waals surface area contributed by atoms with Gasteiger partial charge in [-0.15, -0.1) is 0 Å². The molecule has 0 amide bonds. The standard InChI is InChI=1S/C11H12O4/c1-7-3-4-8(6-10(12)13)5-9(7)11(14)15-2/h3-5H,6H2,1-2H3,(H,12,13). The summed E-state index contributed by atoms with van der Waals surface area (Å²) in [6.07, 6.45) is -0.0930. The van der Waals surface area contributed by atoms with E-state index in [1.807, 2.05) is 0 Å². The lowest BCUT2D eigenvalue weighted by molar-refractivity contribution is -0.136. The van der Waals surface area contributed by atoms with E-state index in [0.717, 1.165) is 5.56 Å². The zero-order valence-electron chi connectivity index (χ0n) is 8.61. The molecule has 4 nitrogen and oxygen atoms in total. The first-order valence-electron chi connectivity index (χ1n) is 4.44. The number of aliphatic carboxylic acids is 1. The number of carboxylic acid groups (broad SMARTS) is 1. The first-order chi connectivity index (χ1) is 7.04. The predicted octanol–water partition coefficient (Wildman–Crippen LogP) is 1.41. The molecule has 0 spiro atoms. The van der Waals surface area contributed by atoms with Crippen LogP contribution in [-0.4, -0.2) is 24.2 Å². The van der Waals surface area contributed by atoms with E-state index in [-0.39, 0.29) is 6.42 Å². The van der Waals surface area contributed by atoms with Crippen LogP contribution in [0, 0.1) is 6.92 Å². The summed E-state index contributed by atoms with van der Waals surface area (Å²) in [7, 11) is 1.30. The van der Waals surface area contributed by atoms with Crippen LogP contribution in [0.25, 0.3) is 0 Å². The van der Waals surface area contributed by atoms with Gasteiger partial charge in [-0.05, 0) is 24.1 Å². The summed E-state index contributed by atoms with van der Waals surface area (Å²) in [4.78, 5) is 21.8. The van der Waals surface area contributed by atoms with Crippen LogP contribution in [0.5, 0.6) is 0 Å². The van der Waals surface area contributed by atoms with Crippen LogP contribution in [0.15, 0.2) is 18.2 Å². The average Bonchev–Trinajstić information content (AvgIpc) is 2.19. The molecule has 1 aromatic carbocycles. The average molecular weight is 208 g/mol. The molecule has 1 aromatic rings. The third-order valence-electron chi connectivity index (χ3n) is 2.06. The SMILES string of the molecule is COC(=O)c1cc(CC(=O)O)ccc1C. The van der Waals surface area contributed by atoms with Gasteiger partial charge in [0.05, 0.1) is 19.1 Å². The molecule has 0 heterocycles. The van der Waals surface area contributed by atoms with Crippen molar-refractivity contribution < 1.29 is 19.4 Å². The van der Waals surface area contributed by atoms with Crippen molar-refractivity contribution in [2.75, 3.05) is 7.11 Å². The molecule has 0 aliphatic carbocycles. The van der Waals surface area contributed by atoms with Crippen molar-refractivity contribution in [2.24, 2.45) is 0 Å². The second kappa shape index (κ2) is 4.59. The number of carbonyl (C=O) groups excluding carboxylic acids is 1. The lowest BCUT2D eigenvalue weighted by atomic mass is 10.0. The van der Waals surface area contributed by atoms with E-state index in [1.165, 1.54) is 7.11 Å². The Bertz CT molecular complexity index is 396. The number of esters is 1. The lowest BCUT2D eigenvalue weighted by Crippen LogP contribution is -2.06. The van der Waals surface area contributed by atoms with Gasteiger partial charge in [0.25, 0.3) is 0 Å². The van der Waals surface area contributed by atoms with Crippen LogP contribution in [0.3, 0.4) is 0 Å². The largest absolute Gasteiger partial charge is 0.481 e. The Morgan fingerprint density at radius 2 is 2.07 bits per heavy atom. The second-order valence-corrected chi connectivity index (χ2v) is 3.21. The molecule has 0 unspecified atom stereocenters. The van der Waals surface area contributed by atoms with Crippen LogP contribution >= 0.6 is 0 Å². The maximum absolute atomic E-state index is 11.3. The molecule has 1 rings (SSSR count). The van der Waals surface area contributed by atoms with Gasteiger partial charge in [-0.3, -0.25) is 4.79 Å². The first-order valence-corrected chi connectivity index (χ1v) is 4.44. The number of carbonyl (C=O) groups is 2. The van der Waals surface area contributed by atoms with Gasteiger partial charge in [0.2, 0.25) is 0 Å². The molecule has 0 aliphatic heterocycles. The van der Waals surface area contributed by atoms with E-state index >= 15 is 0 Å². The fraction of sp³-hybridized carbons (Fsp3) is 0.273. The molecule has 0 aliphatic rings. The van der Waals surface area contributed by atoms with E-state index in [9.17, 15) is 9.59 Å². The number of methoxy groups -OCH3 is 1. The molecule has 0 radical (unpaired) electrons. The summed E-state index contributed by atoms with van der Waals surface area (Å²) in [5.74, 6) is -1.37. The fourth-order valence-electron chi connectivity index (χ4n) is 1.28. The van der Waals surface area contributed by atoms with Gasteiger partial charge < -0.3 is 9.84 Å². The van der Waals surface area contributed by atoms with E-state index in [0.29, 0.717) is 11.1 Å². The normalized spacial score (nSPS) is 9.73. The van der Waals surface area contributed by atoms with Crippen molar-refractivity contribution in [3.63, 3.8) is 0 Å². The van der Waals surface area contributed by atoms with E-state index < -0.39 is 11.9 Å². The Balaban J connectivity index is 3.05. The summed E-state index contributed by atoms with van der Waals surface area (Å²) in [5.41, 5.74) is 1.78. The molecule has 0 saturated carbocycles. The highest BCUT2D eigenvalue weighted by Gasteiger charge is 2.10. The minimum Gasteiger partial charge on any atom is -0.481 e. The Morgan fingerprint density at radius 3 is 2.60 bits per heavy atom. The summed E-state index contributed by atoms with van der Waals surface area (Å²) < 4.78 is 4.59. The molecular weight excluding hydrogens is 196 g/mol. The van der Waals surface area contributed by atoms with Gasteiger partial charge >= 0.3 is 11.9 Å². The number of rotatable bonds is 3. The summed E-state index contributed by atoms with van der Waals surface area (Å²) in [5, 5.41) is 8.61. The third kappa shape index (κ3) is 2.80. The topological polar surface area (TPSA) is 63.6 Å². The van der Waals surface area contributed by atoms with E-state index in [2.05, 4.69) is 4.74 Å². The number of ether oxygens (including phenoxy) is 1. The number of hydrogen-bond acceptors (Lipinski definition) is 3. The molecule has 80 valence electrons. The summed E-state index contributed by atoms with van der Waals surface area (Å²) in [6, 6.07) is 4.95. The third-order valence-corrected chi connectivity index (χ3v) is 2.06. The van der Waals surface area contributed by atoms with Gasteiger partial charge in [0, 0.05) is 0 Å². The first kappa shape index (κ1) is 11.2. The number of benzene rings is 1. The number of hydrogen-bond donors (Lipinski definition) is 1. The monoisotopic (exact) mass is 208 g/mol. The summed E-state index contributed by atoms with van der Waals surface area (Å²) in [6.45, 7) is 1.77. The Kier molecular flexibility index (Phi) is 3.44. The van der Waals surface area contributed by atoms with Crippen molar-refractivity contribution in [2.45, 2.75) is 13.3 Å². The van der Waals surface area contributed by atoms with Crippen LogP contribution in [0.2, 0.25) is 0 Å². The molecule has 0 aromatic heterocycles. The van der Waals surface area contributed by atoms with Gasteiger partial charge in [0.15, 0.2) is 0 Å². The van der Waals surface area contributed by atoms with Crippen LogP contribution in [0.4, 0.5) is 0 Å². The van der Waals surface area contributed by atoms with Crippen LogP contribution < -0.4 is 0 Å². The molecule has 0 fully saturated rings. The van der Waals surface area contributed by atoms with Gasteiger partial charge in [-0.2, -0.15) is 0 Å². The maximum Gasteiger partial charge on any atom is 0.338 e. The molecule has 4 heteroatoms. The number of aryl methyl sites for hydroxylation is 1. The molecular formula is C11H12O4. The van der Waals surface area contributed by atoms with E-state index in [1.54, 1.807) is 25.1 Å². The van der Waals surface area contributed by atoms with E-state index in [4.69, 9.17) is 5.11 Å². The lowest BCUT2D eigenvalue weighted by Gasteiger charge is -2.05. The molecule has 1 N–H and O–H groups in total. The minimum absolute atomic E-state index is 0.0930. The highest BCUT2D eigenvalue weighted by Crippen LogP contribution is 2.12. The Hall–Kier alpha value is -1.84. The molecule has 15 heavy (non-hydrogen) atoms. The fourth-order valence-corrected chi connectivity index (χ4v) is 1.28. The quantitative estimate of drug-likeness (QED) is 0.763. The summed E-state index contributed by atoms with van der Waals surface area (Å²) >= 11 is 0. The highest BCUT2D eigenvalue weighted by atomic mass is 16.5. The van der Waals surface area contributed by atoms with Crippen molar-refractivity contribution in [1.29, 1.82) is 0 Å². The molecule has 0 bridgehead atoms. The smallest absolute Gasteiger partial charge is 0.338 e. The Labute approximate surface area is 87.5 Å². The van der Waals surface area contributed by atoms with Crippen molar-refractivity contribution in [3.8, 4) is 0 Å². The van der Waals surface area contributed by atoms with Crippen molar-refractivity contribution in [3.05, 3.63) is 34.9 Å². The van der Waals surface area contributed by atoms with Gasteiger partial charge in [-0.1, -0.05) is 12.1 Å². The van der Waals surface area contributed by atoms with Gasteiger partial charge in [0.1, 0.15) is 0 Å². The molecule has 0 saturated heterocycles. The van der Waals surface area contributed by atoms with Crippen LogP contribution in [0.1, 0.15) is 21.5 Å². The zero-order chi connectivity index (χ0) is 11.4.